The fraction of sp³-hybridized carbons (Fsp3) is 0.559. The van der Waals surface area contributed by atoms with Crippen LogP contribution in [0.4, 0.5) is 0 Å². The molecule has 2 aromatic rings. The minimum atomic E-state index is -0.260. The van der Waals surface area contributed by atoms with Gasteiger partial charge in [0.1, 0.15) is 6.04 Å². The highest BCUT2D eigenvalue weighted by Gasteiger charge is 2.44. The average molecular weight is 563 g/mol. The Balaban J connectivity index is 0.00000124. The molecule has 2 heterocycles. The zero-order chi connectivity index (χ0) is 29.4. The fourth-order valence-corrected chi connectivity index (χ4v) is 6.30. The first-order valence-corrected chi connectivity index (χ1v) is 15.6. The molecular weight excluding hydrogens is 512 g/mol. The third-order valence-corrected chi connectivity index (χ3v) is 8.69. The monoisotopic (exact) mass is 562 g/mol. The van der Waals surface area contributed by atoms with Crippen molar-refractivity contribution in [1.29, 1.82) is 0 Å². The average Bonchev–Trinajstić information content (AvgIpc) is 3.41. The van der Waals surface area contributed by atoms with Crippen molar-refractivity contribution in [3.8, 4) is 5.75 Å². The molecule has 2 fully saturated rings. The van der Waals surface area contributed by atoms with Crippen LogP contribution in [0, 0.1) is 11.8 Å². The van der Waals surface area contributed by atoms with E-state index in [-0.39, 0.29) is 23.9 Å². The van der Waals surface area contributed by atoms with Gasteiger partial charge < -0.3 is 20.0 Å². The number of likely N-dealkylation sites (N-methyl/N-ethyl adjacent to an activating group) is 1. The summed E-state index contributed by atoms with van der Waals surface area (Å²) in [5.74, 6) is 1.33. The Bertz CT molecular complexity index is 1120. The molecule has 2 saturated heterocycles. The van der Waals surface area contributed by atoms with E-state index < -0.39 is 0 Å². The number of nitrogens with one attached hydrogen (secondary N) is 1. The van der Waals surface area contributed by atoms with Gasteiger partial charge in [-0.1, -0.05) is 101 Å². The summed E-state index contributed by atoms with van der Waals surface area (Å²) < 4.78 is 0. The first-order chi connectivity index (χ1) is 19.9. The number of hydrogen-bond donors (Lipinski definition) is 1. The Morgan fingerprint density at radius 1 is 0.927 bits per heavy atom. The van der Waals surface area contributed by atoms with Crippen LogP contribution in [-0.4, -0.2) is 66.1 Å². The van der Waals surface area contributed by atoms with Gasteiger partial charge in [-0.2, -0.15) is 0 Å². The van der Waals surface area contributed by atoms with E-state index in [0.29, 0.717) is 18.2 Å². The highest BCUT2D eigenvalue weighted by Crippen LogP contribution is 2.37. The number of hydrogen-bond acceptors (Lipinski definition) is 6. The van der Waals surface area contributed by atoms with Gasteiger partial charge in [0.2, 0.25) is 5.91 Å². The molecule has 3 aliphatic rings. The Morgan fingerprint density at radius 3 is 2.12 bits per heavy atom. The number of para-hydroxylation sites is 1. The molecule has 7 nitrogen and oxygen atoms in total. The maximum Gasteiger partial charge on any atom is 0.243 e. The zero-order valence-electron chi connectivity index (χ0n) is 25.8. The summed E-state index contributed by atoms with van der Waals surface area (Å²) in [4.78, 5) is 29.9. The topological polar surface area (TPSA) is 57.3 Å². The number of hydroxylamine groups is 2. The molecule has 1 amide bonds. The fourth-order valence-electron chi connectivity index (χ4n) is 6.30. The number of benzene rings is 2. The molecule has 0 spiro atoms. The van der Waals surface area contributed by atoms with Gasteiger partial charge in [-0.25, -0.2) is 0 Å². The van der Waals surface area contributed by atoms with Crippen LogP contribution in [0.5, 0.6) is 5.75 Å². The van der Waals surface area contributed by atoms with Gasteiger partial charge in [-0.05, 0) is 48.9 Å². The second-order valence-electron chi connectivity index (χ2n) is 11.8. The molecule has 2 aliphatic heterocycles. The molecular formula is C34H50N4O3. The summed E-state index contributed by atoms with van der Waals surface area (Å²) in [5.41, 5.74) is 4.75. The molecule has 2 atom stereocenters. The van der Waals surface area contributed by atoms with E-state index in [1.165, 1.54) is 17.5 Å². The predicted octanol–water partition coefficient (Wildman–Crippen LogP) is 5.61. The van der Waals surface area contributed by atoms with Gasteiger partial charge in [0.25, 0.3) is 0 Å². The van der Waals surface area contributed by atoms with E-state index in [1.807, 2.05) is 23.3 Å². The smallest absolute Gasteiger partial charge is 0.243 e. The lowest BCUT2D eigenvalue weighted by molar-refractivity contribution is -0.373. The zero-order valence-corrected chi connectivity index (χ0v) is 25.8. The normalized spacial score (nSPS) is 21.9. The maximum atomic E-state index is 13.7. The van der Waals surface area contributed by atoms with E-state index in [4.69, 9.17) is 9.88 Å². The second kappa shape index (κ2) is 14.9. The first kappa shape index (κ1) is 31.1. The van der Waals surface area contributed by atoms with Crippen molar-refractivity contribution in [2.75, 3.05) is 33.2 Å². The van der Waals surface area contributed by atoms with Crippen molar-refractivity contribution in [2.24, 2.45) is 11.8 Å². The summed E-state index contributed by atoms with van der Waals surface area (Å²) in [6.45, 7) is 17.2. The van der Waals surface area contributed by atoms with Crippen molar-refractivity contribution in [2.45, 2.75) is 78.4 Å². The van der Waals surface area contributed by atoms with Crippen LogP contribution in [0.1, 0.15) is 63.6 Å². The molecule has 41 heavy (non-hydrogen) atoms. The number of carbonyl (C=O) groups excluding carboxylic acids is 1. The minimum absolute atomic E-state index is 0.0878. The molecule has 224 valence electrons. The predicted molar refractivity (Wildman–Crippen MR) is 165 cm³/mol. The number of nitrogens with zero attached hydrogens (tertiary/aromatic N) is 3. The standard InChI is InChI=1S/C31H42N4O3.C3H8/c1-5-23(6-2)30-31(36)32-29(27-19-24-11-7-8-12-25(24)20-27)22(3)35(30)21-26-13-9-10-14-28(26)37-38-34-17-15-33(4)16-18-34;1-3-2/h7-14,23,27,29-30H,3,5-6,15-21H2,1-2,4H3,(H,32,36);3H2,1-2H3. The van der Waals surface area contributed by atoms with Gasteiger partial charge in [0.05, 0.1) is 6.04 Å². The highest BCUT2D eigenvalue weighted by molar-refractivity contribution is 5.84. The molecule has 5 rings (SSSR count). The van der Waals surface area contributed by atoms with Crippen LogP contribution in [0.15, 0.2) is 60.8 Å². The molecule has 0 saturated carbocycles. The molecule has 2 unspecified atom stereocenters. The Morgan fingerprint density at radius 2 is 1.51 bits per heavy atom. The van der Waals surface area contributed by atoms with Crippen LogP contribution >= 0.6 is 0 Å². The van der Waals surface area contributed by atoms with Crippen molar-refractivity contribution >= 4 is 5.91 Å². The molecule has 7 heteroatoms. The summed E-state index contributed by atoms with van der Waals surface area (Å²) in [7, 11) is 2.11. The number of fused-ring (bicyclic) bond motifs is 1. The van der Waals surface area contributed by atoms with Crippen LogP contribution < -0.4 is 10.2 Å². The van der Waals surface area contributed by atoms with Crippen molar-refractivity contribution in [3.63, 3.8) is 0 Å². The number of rotatable bonds is 9. The third kappa shape index (κ3) is 7.51. The van der Waals surface area contributed by atoms with Crippen LogP contribution in [-0.2, 0) is 29.2 Å². The first-order valence-electron chi connectivity index (χ1n) is 15.6. The van der Waals surface area contributed by atoms with E-state index in [0.717, 1.165) is 63.1 Å². The van der Waals surface area contributed by atoms with E-state index in [9.17, 15) is 4.79 Å². The Hall–Kier alpha value is -2.87. The largest absolute Gasteiger partial charge is 0.357 e. The van der Waals surface area contributed by atoms with Gasteiger partial charge in [0, 0.05) is 44.0 Å². The molecule has 1 aliphatic carbocycles. The van der Waals surface area contributed by atoms with Crippen LogP contribution in [0.25, 0.3) is 0 Å². The quantitative estimate of drug-likeness (QED) is 0.317. The van der Waals surface area contributed by atoms with Gasteiger partial charge in [-0.3, -0.25) is 4.79 Å². The molecule has 0 bridgehead atoms. The number of amides is 1. The lowest BCUT2D eigenvalue weighted by atomic mass is 9.85. The summed E-state index contributed by atoms with van der Waals surface area (Å²) in [6.07, 6.45) is 5.04. The van der Waals surface area contributed by atoms with Crippen molar-refractivity contribution in [1.82, 2.24) is 20.2 Å². The second-order valence-corrected chi connectivity index (χ2v) is 11.8. The lowest BCUT2D eigenvalue weighted by Gasteiger charge is -2.47. The van der Waals surface area contributed by atoms with Crippen molar-refractivity contribution < 1.29 is 14.7 Å². The van der Waals surface area contributed by atoms with Crippen LogP contribution in [0.3, 0.4) is 0 Å². The lowest BCUT2D eigenvalue weighted by Crippen LogP contribution is -2.62. The highest BCUT2D eigenvalue weighted by atomic mass is 17.3. The van der Waals surface area contributed by atoms with E-state index >= 15 is 0 Å². The summed E-state index contributed by atoms with van der Waals surface area (Å²) in [5, 5.41) is 5.26. The molecule has 1 N–H and O–H groups in total. The van der Waals surface area contributed by atoms with Crippen LogP contribution in [0.2, 0.25) is 0 Å². The van der Waals surface area contributed by atoms with Gasteiger partial charge in [0.15, 0.2) is 5.75 Å². The van der Waals surface area contributed by atoms with E-state index in [2.05, 4.69) is 86.8 Å². The maximum absolute atomic E-state index is 13.7. The molecule has 0 radical (unpaired) electrons. The minimum Gasteiger partial charge on any atom is -0.357 e. The number of carbonyl (C=O) groups is 1. The summed E-state index contributed by atoms with van der Waals surface area (Å²) in [6, 6.07) is 16.3. The Labute approximate surface area is 247 Å². The van der Waals surface area contributed by atoms with Crippen molar-refractivity contribution in [3.05, 3.63) is 77.5 Å². The third-order valence-electron chi connectivity index (χ3n) is 8.69. The molecule has 0 aromatic heterocycles. The Kier molecular flexibility index (Phi) is 11.3. The SMILES string of the molecule is C=C1C(C2Cc3ccccc3C2)NC(=O)C(C(CC)CC)N1Cc1ccccc1OON1CCN(C)CC1.CCC. The van der Waals surface area contributed by atoms with Gasteiger partial charge >= 0.3 is 0 Å². The number of piperazine rings is 2. The van der Waals surface area contributed by atoms with Gasteiger partial charge in [-0.15, -0.1) is 5.06 Å². The molecule has 2 aromatic carbocycles. The summed E-state index contributed by atoms with van der Waals surface area (Å²) >= 11 is 0. The van der Waals surface area contributed by atoms with E-state index in [1.54, 1.807) is 0 Å².